The average molecular weight is 394 g/mol. The molecular weight excluding hydrogens is 372 g/mol. The number of benzene rings is 2. The number of pyridine rings is 2. The first-order valence-corrected chi connectivity index (χ1v) is 9.88. The van der Waals surface area contributed by atoms with Gasteiger partial charge in [-0.3, -0.25) is 9.78 Å². The highest BCUT2D eigenvalue weighted by atomic mass is 16.2. The van der Waals surface area contributed by atoms with Gasteiger partial charge in [0.15, 0.2) is 0 Å². The van der Waals surface area contributed by atoms with E-state index in [4.69, 9.17) is 4.98 Å². The van der Waals surface area contributed by atoms with Crippen molar-refractivity contribution in [3.05, 3.63) is 96.3 Å². The van der Waals surface area contributed by atoms with Crippen molar-refractivity contribution in [1.82, 2.24) is 15.4 Å². The van der Waals surface area contributed by atoms with Crippen LogP contribution in [0.1, 0.15) is 29.3 Å². The Labute approximate surface area is 175 Å². The van der Waals surface area contributed by atoms with E-state index in [2.05, 4.69) is 27.6 Å². The van der Waals surface area contributed by atoms with Crippen LogP contribution < -0.4 is 5.43 Å². The molecular formula is C25H22N4O. The highest BCUT2D eigenvalue weighted by Crippen LogP contribution is 2.24. The van der Waals surface area contributed by atoms with E-state index < -0.39 is 0 Å². The van der Waals surface area contributed by atoms with E-state index >= 15 is 0 Å². The van der Waals surface area contributed by atoms with Crippen molar-refractivity contribution in [2.45, 2.75) is 19.8 Å². The number of amides is 1. The monoisotopic (exact) mass is 394 g/mol. The molecule has 0 bridgehead atoms. The fourth-order valence-corrected chi connectivity index (χ4v) is 3.27. The molecule has 0 atom stereocenters. The summed E-state index contributed by atoms with van der Waals surface area (Å²) in [4.78, 5) is 21.7. The second-order valence-electron chi connectivity index (χ2n) is 7.08. The van der Waals surface area contributed by atoms with E-state index in [0.29, 0.717) is 5.56 Å². The van der Waals surface area contributed by atoms with Crippen LogP contribution in [0.4, 0.5) is 0 Å². The van der Waals surface area contributed by atoms with Crippen molar-refractivity contribution in [3.8, 4) is 11.3 Å². The molecule has 0 aliphatic rings. The molecule has 0 saturated carbocycles. The summed E-state index contributed by atoms with van der Waals surface area (Å²) in [5, 5.41) is 5.11. The number of nitrogens with one attached hydrogen (secondary N) is 1. The second kappa shape index (κ2) is 9.09. The van der Waals surface area contributed by atoms with E-state index in [-0.39, 0.29) is 5.91 Å². The fraction of sp³-hybridized carbons (Fsp3) is 0.120. The zero-order valence-corrected chi connectivity index (χ0v) is 16.7. The lowest BCUT2D eigenvalue weighted by molar-refractivity contribution is 0.0956. The Morgan fingerprint density at radius 3 is 2.50 bits per heavy atom. The smallest absolute Gasteiger partial charge is 0.267 e. The third kappa shape index (κ3) is 4.58. The van der Waals surface area contributed by atoms with E-state index in [9.17, 15) is 4.79 Å². The van der Waals surface area contributed by atoms with Gasteiger partial charge in [0.25, 0.3) is 5.91 Å². The Morgan fingerprint density at radius 1 is 0.967 bits per heavy atom. The predicted octanol–water partition coefficient (Wildman–Crippen LogP) is 5.04. The number of hydrogen-bond donors (Lipinski definition) is 1. The summed E-state index contributed by atoms with van der Waals surface area (Å²) < 4.78 is 0. The molecule has 1 amide bonds. The minimum atomic E-state index is -0.247. The van der Waals surface area contributed by atoms with Gasteiger partial charge in [0.05, 0.1) is 16.8 Å². The van der Waals surface area contributed by atoms with E-state index in [1.54, 1.807) is 12.4 Å². The lowest BCUT2D eigenvalue weighted by Crippen LogP contribution is -2.20. The first kappa shape index (κ1) is 19.5. The van der Waals surface area contributed by atoms with Gasteiger partial charge in [0, 0.05) is 29.1 Å². The average Bonchev–Trinajstić information content (AvgIpc) is 2.81. The first-order valence-electron chi connectivity index (χ1n) is 9.88. The van der Waals surface area contributed by atoms with Crippen LogP contribution >= 0.6 is 0 Å². The molecule has 5 heteroatoms. The lowest BCUT2D eigenvalue weighted by Gasteiger charge is -2.09. The molecule has 4 rings (SSSR count). The van der Waals surface area contributed by atoms with Crippen LogP contribution in [-0.2, 0) is 6.42 Å². The zero-order chi connectivity index (χ0) is 20.8. The number of aromatic nitrogens is 2. The van der Waals surface area contributed by atoms with E-state index in [1.165, 1.54) is 5.56 Å². The molecule has 2 aromatic heterocycles. The molecule has 0 spiro atoms. The molecule has 0 unspecified atom stereocenters. The molecule has 1 N–H and O–H groups in total. The third-order valence-electron chi connectivity index (χ3n) is 4.90. The van der Waals surface area contributed by atoms with Crippen molar-refractivity contribution in [2.75, 3.05) is 0 Å². The van der Waals surface area contributed by atoms with Gasteiger partial charge >= 0.3 is 0 Å². The standard InChI is InChI=1S/C25H22N4O/c1-18(11-12-19-7-3-2-4-8-19)28-29-25(30)22-17-24(20-13-15-26-16-14-20)27-23-10-6-5-9-21(22)23/h2-10,13-17H,11-12H2,1H3,(H,29,30)/b28-18-. The van der Waals surface area contributed by atoms with Crippen LogP contribution in [0, 0.1) is 0 Å². The molecule has 0 radical (unpaired) electrons. The number of hydrazone groups is 1. The summed E-state index contributed by atoms with van der Waals surface area (Å²) >= 11 is 0. The van der Waals surface area contributed by atoms with Crippen LogP contribution in [0.2, 0.25) is 0 Å². The van der Waals surface area contributed by atoms with Gasteiger partial charge in [-0.25, -0.2) is 10.4 Å². The first-order chi connectivity index (χ1) is 14.7. The number of rotatable bonds is 6. The minimum absolute atomic E-state index is 0.247. The third-order valence-corrected chi connectivity index (χ3v) is 4.90. The van der Waals surface area contributed by atoms with Crippen molar-refractivity contribution in [1.29, 1.82) is 0 Å². The summed E-state index contributed by atoms with van der Waals surface area (Å²) in [6.45, 7) is 1.93. The maximum atomic E-state index is 13.0. The number of para-hydroxylation sites is 1. The summed E-state index contributed by atoms with van der Waals surface area (Å²) in [5.41, 5.74) is 7.79. The van der Waals surface area contributed by atoms with Gasteiger partial charge in [0.1, 0.15) is 0 Å². The Kier molecular flexibility index (Phi) is 5.90. The van der Waals surface area contributed by atoms with Crippen LogP contribution in [-0.4, -0.2) is 21.6 Å². The number of carbonyl (C=O) groups excluding carboxylic acids is 1. The van der Waals surface area contributed by atoms with Gasteiger partial charge in [-0.2, -0.15) is 5.10 Å². The largest absolute Gasteiger partial charge is 0.272 e. The van der Waals surface area contributed by atoms with Crippen LogP contribution in [0.3, 0.4) is 0 Å². The van der Waals surface area contributed by atoms with Crippen LogP contribution in [0.25, 0.3) is 22.2 Å². The van der Waals surface area contributed by atoms with Crippen LogP contribution in [0.15, 0.2) is 90.3 Å². The Morgan fingerprint density at radius 2 is 1.70 bits per heavy atom. The molecule has 2 heterocycles. The highest BCUT2D eigenvalue weighted by molar-refractivity contribution is 6.07. The number of aryl methyl sites for hydroxylation is 1. The fourth-order valence-electron chi connectivity index (χ4n) is 3.27. The maximum absolute atomic E-state index is 13.0. The molecule has 0 aliphatic carbocycles. The van der Waals surface area contributed by atoms with Crippen LogP contribution in [0.5, 0.6) is 0 Å². The highest BCUT2D eigenvalue weighted by Gasteiger charge is 2.13. The van der Waals surface area contributed by atoms with Gasteiger partial charge in [-0.1, -0.05) is 48.5 Å². The van der Waals surface area contributed by atoms with Crippen molar-refractivity contribution < 1.29 is 4.79 Å². The summed E-state index contributed by atoms with van der Waals surface area (Å²) in [5.74, 6) is -0.247. The van der Waals surface area contributed by atoms with Gasteiger partial charge in [-0.05, 0) is 49.6 Å². The van der Waals surface area contributed by atoms with Gasteiger partial charge < -0.3 is 0 Å². The van der Waals surface area contributed by atoms with Crippen molar-refractivity contribution in [3.63, 3.8) is 0 Å². The summed E-state index contributed by atoms with van der Waals surface area (Å²) in [6.07, 6.45) is 5.10. The molecule has 0 saturated heterocycles. The Hall–Kier alpha value is -3.86. The zero-order valence-electron chi connectivity index (χ0n) is 16.7. The van der Waals surface area contributed by atoms with E-state index in [1.807, 2.05) is 67.6 Å². The molecule has 2 aromatic carbocycles. The Bertz CT molecular complexity index is 1190. The quantitative estimate of drug-likeness (QED) is 0.368. The molecule has 5 nitrogen and oxygen atoms in total. The molecule has 0 aliphatic heterocycles. The number of fused-ring (bicyclic) bond motifs is 1. The number of hydrogen-bond acceptors (Lipinski definition) is 4. The molecule has 148 valence electrons. The second-order valence-corrected chi connectivity index (χ2v) is 7.08. The molecule has 0 fully saturated rings. The molecule has 30 heavy (non-hydrogen) atoms. The van der Waals surface area contributed by atoms with Crippen molar-refractivity contribution >= 4 is 22.5 Å². The normalized spacial score (nSPS) is 11.4. The minimum Gasteiger partial charge on any atom is -0.267 e. The number of carbonyl (C=O) groups is 1. The molecule has 4 aromatic rings. The van der Waals surface area contributed by atoms with Gasteiger partial charge in [-0.15, -0.1) is 0 Å². The van der Waals surface area contributed by atoms with Crippen molar-refractivity contribution in [2.24, 2.45) is 5.10 Å². The maximum Gasteiger partial charge on any atom is 0.272 e. The lowest BCUT2D eigenvalue weighted by atomic mass is 10.0. The summed E-state index contributed by atoms with van der Waals surface area (Å²) in [6, 6.07) is 23.4. The topological polar surface area (TPSA) is 67.2 Å². The SMILES string of the molecule is C/C(CCc1ccccc1)=N/NC(=O)c1cc(-c2ccncc2)nc2ccccc12. The Balaban J connectivity index is 1.56. The van der Waals surface area contributed by atoms with E-state index in [0.717, 1.165) is 40.7 Å². The predicted molar refractivity (Wildman–Crippen MR) is 120 cm³/mol. The number of nitrogens with zero attached hydrogens (tertiary/aromatic N) is 3. The summed E-state index contributed by atoms with van der Waals surface area (Å²) in [7, 11) is 0. The van der Waals surface area contributed by atoms with Gasteiger partial charge in [0.2, 0.25) is 0 Å².